The molecule has 2 heterocycles. The van der Waals surface area contributed by atoms with Crippen LogP contribution in [0.5, 0.6) is 5.75 Å². The van der Waals surface area contributed by atoms with Crippen LogP contribution in [0.2, 0.25) is 5.02 Å². The summed E-state index contributed by atoms with van der Waals surface area (Å²) in [6.07, 6.45) is 3.03. The Bertz CT molecular complexity index is 891. The van der Waals surface area contributed by atoms with Crippen molar-refractivity contribution >= 4 is 38.9 Å². The van der Waals surface area contributed by atoms with Crippen molar-refractivity contribution < 1.29 is 17.9 Å². The highest BCUT2D eigenvalue weighted by molar-refractivity contribution is 7.91. The molecule has 1 N–H and O–H groups in total. The summed E-state index contributed by atoms with van der Waals surface area (Å²) in [6.45, 7) is 1.85. The fraction of sp³-hybridized carbons (Fsp3) is 0.421. The molecule has 1 fully saturated rings. The van der Waals surface area contributed by atoms with Crippen LogP contribution in [0.15, 0.2) is 40.6 Å². The average Bonchev–Trinajstić information content (AvgIpc) is 3.16. The van der Waals surface area contributed by atoms with Gasteiger partial charge >= 0.3 is 0 Å². The predicted molar refractivity (Wildman–Crippen MR) is 111 cm³/mol. The molecule has 1 aromatic heterocycles. The zero-order chi connectivity index (χ0) is 20.0. The molecule has 2 aromatic rings. The molecule has 0 radical (unpaired) electrons. The van der Waals surface area contributed by atoms with E-state index < -0.39 is 10.0 Å². The summed E-state index contributed by atoms with van der Waals surface area (Å²) >= 11 is 6.98. The minimum absolute atomic E-state index is 0.154. The number of hydrogen-bond donors (Lipinski definition) is 1. The maximum Gasteiger partial charge on any atom is 0.252 e. The highest BCUT2D eigenvalue weighted by atomic mass is 35.5. The van der Waals surface area contributed by atoms with Crippen LogP contribution in [0.4, 0.5) is 0 Å². The Hall–Kier alpha value is -1.61. The molecule has 0 aliphatic carbocycles. The second-order valence-electron chi connectivity index (χ2n) is 6.51. The molecule has 0 bridgehead atoms. The van der Waals surface area contributed by atoms with Gasteiger partial charge < -0.3 is 10.1 Å². The number of benzene rings is 1. The van der Waals surface area contributed by atoms with E-state index in [4.69, 9.17) is 16.3 Å². The van der Waals surface area contributed by atoms with Crippen LogP contribution in [0.3, 0.4) is 0 Å². The normalized spacial score (nSPS) is 15.3. The molecule has 3 rings (SSSR count). The van der Waals surface area contributed by atoms with Crippen molar-refractivity contribution in [2.24, 2.45) is 0 Å². The summed E-state index contributed by atoms with van der Waals surface area (Å²) in [5.74, 6) is 0.521. The monoisotopic (exact) mass is 442 g/mol. The first-order valence-corrected chi connectivity index (χ1v) is 11.8. The second-order valence-corrected chi connectivity index (χ2v) is 10.3. The first-order chi connectivity index (χ1) is 13.4. The molecule has 28 heavy (non-hydrogen) atoms. The van der Waals surface area contributed by atoms with Gasteiger partial charge in [-0.15, -0.1) is 11.3 Å². The smallest absolute Gasteiger partial charge is 0.252 e. The van der Waals surface area contributed by atoms with Crippen molar-refractivity contribution in [3.05, 3.63) is 46.3 Å². The summed E-state index contributed by atoms with van der Waals surface area (Å²) < 4.78 is 32.7. The number of ether oxygens (including phenoxy) is 1. The first-order valence-electron chi connectivity index (χ1n) is 9.19. The molecular formula is C19H23ClN2O4S2. The van der Waals surface area contributed by atoms with Gasteiger partial charge in [0.25, 0.3) is 10.0 Å². The third kappa shape index (κ3) is 5.70. The predicted octanol–water partition coefficient (Wildman–Crippen LogP) is 3.31. The number of sulfonamides is 1. The maximum atomic E-state index is 12.7. The molecule has 0 atom stereocenters. The minimum atomic E-state index is -3.44. The van der Waals surface area contributed by atoms with Gasteiger partial charge in [-0.3, -0.25) is 4.79 Å². The van der Waals surface area contributed by atoms with Gasteiger partial charge in [0.1, 0.15) is 16.6 Å². The minimum Gasteiger partial charge on any atom is -0.492 e. The molecule has 1 amide bonds. The fourth-order valence-corrected chi connectivity index (χ4v) is 6.09. The van der Waals surface area contributed by atoms with E-state index in [1.807, 2.05) is 0 Å². The molecule has 6 nitrogen and oxygen atoms in total. The van der Waals surface area contributed by atoms with E-state index in [0.717, 1.165) is 24.1 Å². The molecule has 1 aliphatic rings. The fourth-order valence-electron chi connectivity index (χ4n) is 2.94. The largest absolute Gasteiger partial charge is 0.492 e. The van der Waals surface area contributed by atoms with Crippen molar-refractivity contribution in [3.63, 3.8) is 0 Å². The van der Waals surface area contributed by atoms with Gasteiger partial charge in [-0.1, -0.05) is 18.0 Å². The van der Waals surface area contributed by atoms with E-state index in [1.54, 1.807) is 40.7 Å². The third-order valence-corrected chi connectivity index (χ3v) is 8.09. The lowest BCUT2D eigenvalue weighted by Gasteiger charge is -2.25. The summed E-state index contributed by atoms with van der Waals surface area (Å²) in [5.41, 5.74) is 0. The van der Waals surface area contributed by atoms with Crippen LogP contribution in [0, 0.1) is 0 Å². The summed E-state index contributed by atoms with van der Waals surface area (Å²) in [5, 5.41) is 3.42. The van der Waals surface area contributed by atoms with Crippen molar-refractivity contribution in [2.45, 2.75) is 29.9 Å². The van der Waals surface area contributed by atoms with Crippen molar-refractivity contribution in [1.82, 2.24) is 9.62 Å². The number of thiophene rings is 1. The number of rotatable bonds is 8. The zero-order valence-corrected chi connectivity index (χ0v) is 17.8. The van der Waals surface area contributed by atoms with Gasteiger partial charge in [-0.2, -0.15) is 4.31 Å². The topological polar surface area (TPSA) is 75.7 Å². The highest BCUT2D eigenvalue weighted by Gasteiger charge is 2.27. The number of hydrogen-bond acceptors (Lipinski definition) is 5. The molecule has 0 saturated carbocycles. The van der Waals surface area contributed by atoms with Gasteiger partial charge in [0.05, 0.1) is 13.0 Å². The standard InChI is InChI=1S/C19H23ClN2O4S2/c20-15-4-6-16(7-5-15)26-13-10-21-18(23)14-17-8-9-19(27-17)28(24,25)22-11-2-1-3-12-22/h4-9H,1-3,10-14H2,(H,21,23). The van der Waals surface area contributed by atoms with E-state index in [9.17, 15) is 13.2 Å². The summed E-state index contributed by atoms with van der Waals surface area (Å²) in [7, 11) is -3.44. The molecule has 9 heteroatoms. The number of nitrogens with zero attached hydrogens (tertiary/aromatic N) is 1. The van der Waals surface area contributed by atoms with Crippen molar-refractivity contribution in [2.75, 3.05) is 26.2 Å². The Morgan fingerprint density at radius 1 is 1.11 bits per heavy atom. The number of piperidine rings is 1. The SMILES string of the molecule is O=C(Cc1ccc(S(=O)(=O)N2CCCCC2)s1)NCCOc1ccc(Cl)cc1. The third-order valence-electron chi connectivity index (χ3n) is 4.39. The lowest BCUT2D eigenvalue weighted by Crippen LogP contribution is -2.35. The van der Waals surface area contributed by atoms with E-state index in [-0.39, 0.29) is 12.3 Å². The molecule has 0 unspecified atom stereocenters. The Kier molecular flexibility index (Phi) is 7.34. The van der Waals surface area contributed by atoms with Gasteiger partial charge in [0.15, 0.2) is 0 Å². The Morgan fingerprint density at radius 3 is 2.54 bits per heavy atom. The average molecular weight is 443 g/mol. The zero-order valence-electron chi connectivity index (χ0n) is 15.4. The van der Waals surface area contributed by atoms with E-state index >= 15 is 0 Å². The van der Waals surface area contributed by atoms with Crippen LogP contribution in [0.1, 0.15) is 24.1 Å². The highest BCUT2D eigenvalue weighted by Crippen LogP contribution is 2.27. The molecular weight excluding hydrogens is 420 g/mol. The number of halogens is 1. The molecule has 1 saturated heterocycles. The van der Waals surface area contributed by atoms with Crippen molar-refractivity contribution in [1.29, 1.82) is 0 Å². The summed E-state index contributed by atoms with van der Waals surface area (Å²) in [6, 6.07) is 10.3. The number of carbonyl (C=O) groups is 1. The van der Waals surface area contributed by atoms with Crippen LogP contribution in [-0.2, 0) is 21.2 Å². The Labute approximate surface area is 174 Å². The number of amides is 1. The van der Waals surface area contributed by atoms with Crippen LogP contribution in [-0.4, -0.2) is 44.9 Å². The van der Waals surface area contributed by atoms with E-state index in [1.165, 1.54) is 11.3 Å². The molecule has 0 spiro atoms. The molecule has 1 aliphatic heterocycles. The maximum absolute atomic E-state index is 12.7. The summed E-state index contributed by atoms with van der Waals surface area (Å²) in [4.78, 5) is 12.8. The second kappa shape index (κ2) is 9.73. The Morgan fingerprint density at radius 2 is 1.82 bits per heavy atom. The van der Waals surface area contributed by atoms with E-state index in [0.29, 0.717) is 41.2 Å². The van der Waals surface area contributed by atoms with Crippen LogP contribution < -0.4 is 10.1 Å². The van der Waals surface area contributed by atoms with Crippen LogP contribution in [0.25, 0.3) is 0 Å². The molecule has 152 valence electrons. The lowest BCUT2D eigenvalue weighted by molar-refractivity contribution is -0.120. The number of nitrogens with one attached hydrogen (secondary N) is 1. The van der Waals surface area contributed by atoms with Gasteiger partial charge in [-0.25, -0.2) is 8.42 Å². The van der Waals surface area contributed by atoms with Gasteiger partial charge in [0, 0.05) is 23.0 Å². The van der Waals surface area contributed by atoms with Gasteiger partial charge in [-0.05, 0) is 49.2 Å². The first kappa shape index (κ1) is 21.1. The van der Waals surface area contributed by atoms with Gasteiger partial charge in [0.2, 0.25) is 5.91 Å². The van der Waals surface area contributed by atoms with Crippen molar-refractivity contribution in [3.8, 4) is 5.75 Å². The Balaban J connectivity index is 1.45. The number of carbonyl (C=O) groups excluding carboxylic acids is 1. The van der Waals surface area contributed by atoms with Crippen LogP contribution >= 0.6 is 22.9 Å². The van der Waals surface area contributed by atoms with E-state index in [2.05, 4.69) is 5.32 Å². The lowest BCUT2D eigenvalue weighted by atomic mass is 10.2. The quantitative estimate of drug-likeness (QED) is 0.636. The molecule has 1 aromatic carbocycles.